The lowest BCUT2D eigenvalue weighted by Crippen LogP contribution is -2.07. The van der Waals surface area contributed by atoms with E-state index in [-0.39, 0.29) is 10.8 Å². The molecule has 3 heteroatoms. The Bertz CT molecular complexity index is 585. The van der Waals surface area contributed by atoms with E-state index in [9.17, 15) is 0 Å². The van der Waals surface area contributed by atoms with Crippen LogP contribution < -0.4 is 0 Å². The number of hydrogen-bond donors (Lipinski definition) is 0. The van der Waals surface area contributed by atoms with Gasteiger partial charge in [-0.05, 0) is 12.2 Å². The monoisotopic (exact) mass is 254 g/mol. The van der Waals surface area contributed by atoms with E-state index in [0.29, 0.717) is 0 Å². The van der Waals surface area contributed by atoms with Crippen LogP contribution >= 0.6 is 0 Å². The number of allylic oxidation sites excluding steroid dienone is 2. The molecule has 0 N–H and O–H groups in total. The number of hydrogen-bond acceptors (Lipinski definition) is 3. The molecule has 3 heterocycles. The maximum atomic E-state index is 5.87. The molecule has 1 aromatic rings. The van der Waals surface area contributed by atoms with Gasteiger partial charge in [-0.3, -0.25) is 9.98 Å². The molecule has 0 radical (unpaired) electrons. The van der Waals surface area contributed by atoms with Crippen molar-refractivity contribution in [2.75, 3.05) is 0 Å². The molecule has 0 spiro atoms. The van der Waals surface area contributed by atoms with Gasteiger partial charge in [-0.1, -0.05) is 39.8 Å². The van der Waals surface area contributed by atoms with Gasteiger partial charge in [0.2, 0.25) is 0 Å². The third-order valence-corrected chi connectivity index (χ3v) is 3.29. The van der Waals surface area contributed by atoms with E-state index in [1.807, 2.05) is 24.6 Å². The second-order valence-corrected chi connectivity index (χ2v) is 6.35. The van der Waals surface area contributed by atoms with Crippen molar-refractivity contribution in [2.45, 2.75) is 27.7 Å². The summed E-state index contributed by atoms with van der Waals surface area (Å²) in [4.78, 5) is 9.15. The van der Waals surface area contributed by atoms with Crippen LogP contribution in [0.5, 0.6) is 0 Å². The van der Waals surface area contributed by atoms with Gasteiger partial charge in [0.05, 0.1) is 0 Å². The minimum Gasteiger partial charge on any atom is -0.453 e. The average Bonchev–Trinajstić information content (AvgIpc) is 2.49. The highest BCUT2D eigenvalue weighted by atomic mass is 16.3. The largest absolute Gasteiger partial charge is 0.453 e. The van der Waals surface area contributed by atoms with Gasteiger partial charge in [-0.15, -0.1) is 0 Å². The van der Waals surface area contributed by atoms with Crippen molar-refractivity contribution in [2.24, 2.45) is 20.8 Å². The van der Waals surface area contributed by atoms with Crippen molar-refractivity contribution in [3.8, 4) is 0 Å². The quantitative estimate of drug-likeness (QED) is 0.655. The van der Waals surface area contributed by atoms with Gasteiger partial charge in [0.25, 0.3) is 0 Å². The van der Waals surface area contributed by atoms with E-state index in [0.717, 1.165) is 22.9 Å². The maximum absolute atomic E-state index is 5.87. The summed E-state index contributed by atoms with van der Waals surface area (Å²) in [6, 6.07) is 0. The molecule has 0 aliphatic carbocycles. The zero-order valence-electron chi connectivity index (χ0n) is 11.8. The molecule has 0 fully saturated rings. The molecule has 2 aliphatic heterocycles. The summed E-state index contributed by atoms with van der Waals surface area (Å²) in [5.41, 5.74) is 1.54. The lowest BCUT2D eigenvalue weighted by Gasteiger charge is -2.10. The smallest absolute Gasteiger partial charge is 0.155 e. The molecule has 2 aliphatic rings. The van der Waals surface area contributed by atoms with Crippen molar-refractivity contribution in [1.29, 1.82) is 0 Å². The third kappa shape index (κ3) is 2.21. The molecule has 0 atom stereocenters. The lowest BCUT2D eigenvalue weighted by molar-refractivity contribution is 0.547. The standard InChI is InChI=1S/C16H18N2O/c1-15(2)7-5-11-13(17-9-15)14-12(19-11)6-8-16(3,4)10-18-14/h5-10H,1-4H3. The summed E-state index contributed by atoms with van der Waals surface area (Å²) < 4.78 is 5.87. The van der Waals surface area contributed by atoms with E-state index in [2.05, 4.69) is 49.8 Å². The fraction of sp³-hybridized carbons (Fsp3) is 0.375. The predicted octanol–water partition coefficient (Wildman–Crippen LogP) is 4.79. The number of nitrogens with zero attached hydrogens (tertiary/aromatic N) is 2. The zero-order chi connectivity index (χ0) is 13.7. The highest BCUT2D eigenvalue weighted by Gasteiger charge is 2.24. The third-order valence-electron chi connectivity index (χ3n) is 3.29. The van der Waals surface area contributed by atoms with Crippen molar-refractivity contribution >= 4 is 36.0 Å². The number of furan rings is 1. The molecular weight excluding hydrogens is 236 g/mol. The van der Waals surface area contributed by atoms with Gasteiger partial charge in [-0.25, -0.2) is 0 Å². The minimum atomic E-state index is -0.0576. The maximum Gasteiger partial charge on any atom is 0.155 e. The summed E-state index contributed by atoms with van der Waals surface area (Å²) in [5, 5.41) is 0. The Morgan fingerprint density at radius 2 is 1.21 bits per heavy atom. The number of fused-ring (bicyclic) bond motifs is 3. The molecule has 1 aromatic heterocycles. The Morgan fingerprint density at radius 1 is 0.789 bits per heavy atom. The fourth-order valence-corrected chi connectivity index (χ4v) is 2.05. The summed E-state index contributed by atoms with van der Waals surface area (Å²) in [6.45, 7) is 8.46. The van der Waals surface area contributed by atoms with Crippen LogP contribution in [0.2, 0.25) is 0 Å². The van der Waals surface area contributed by atoms with Gasteiger partial charge in [0.15, 0.2) is 11.5 Å². The van der Waals surface area contributed by atoms with E-state index < -0.39 is 0 Å². The Kier molecular flexibility index (Phi) is 2.43. The van der Waals surface area contributed by atoms with E-state index in [4.69, 9.17) is 4.42 Å². The van der Waals surface area contributed by atoms with Gasteiger partial charge in [0, 0.05) is 23.3 Å². The first-order valence-electron chi connectivity index (χ1n) is 6.52. The molecule has 0 amide bonds. The summed E-state index contributed by atoms with van der Waals surface area (Å²) in [7, 11) is 0. The molecule has 3 rings (SSSR count). The first-order chi connectivity index (χ1) is 8.86. The normalized spacial score (nSPS) is 21.7. The van der Waals surface area contributed by atoms with Crippen LogP contribution in [0.25, 0.3) is 12.2 Å². The van der Waals surface area contributed by atoms with E-state index in [1.165, 1.54) is 0 Å². The van der Waals surface area contributed by atoms with Crippen molar-refractivity contribution in [1.82, 2.24) is 0 Å². The second-order valence-electron chi connectivity index (χ2n) is 6.35. The Balaban J connectivity index is 2.15. The van der Waals surface area contributed by atoms with Crippen LogP contribution in [-0.2, 0) is 0 Å². The highest BCUT2D eigenvalue weighted by molar-refractivity contribution is 5.90. The fourth-order valence-electron chi connectivity index (χ4n) is 2.05. The van der Waals surface area contributed by atoms with E-state index >= 15 is 0 Å². The van der Waals surface area contributed by atoms with E-state index in [1.54, 1.807) is 0 Å². The second kappa shape index (κ2) is 3.80. The minimum absolute atomic E-state index is 0.0576. The Hall–Kier alpha value is -1.90. The molecule has 19 heavy (non-hydrogen) atoms. The highest BCUT2D eigenvalue weighted by Crippen LogP contribution is 2.43. The van der Waals surface area contributed by atoms with Gasteiger partial charge in [0.1, 0.15) is 11.4 Å². The van der Waals surface area contributed by atoms with Crippen molar-refractivity contribution < 1.29 is 4.42 Å². The molecule has 0 aromatic carbocycles. The molecule has 0 saturated heterocycles. The SMILES string of the molecule is CC1(C)C=Cc2oc3c(c2N=C1)N=CC(C)(C)C=C3. The van der Waals surface area contributed by atoms with Crippen molar-refractivity contribution in [3.63, 3.8) is 0 Å². The van der Waals surface area contributed by atoms with Crippen LogP contribution in [0.3, 0.4) is 0 Å². The first kappa shape index (κ1) is 12.2. The topological polar surface area (TPSA) is 37.9 Å². The predicted molar refractivity (Wildman–Crippen MR) is 80.6 cm³/mol. The summed E-state index contributed by atoms with van der Waals surface area (Å²) in [6.07, 6.45) is 12.1. The number of rotatable bonds is 0. The molecule has 98 valence electrons. The van der Waals surface area contributed by atoms with Crippen LogP contribution in [-0.4, -0.2) is 12.4 Å². The van der Waals surface area contributed by atoms with Crippen LogP contribution in [0.1, 0.15) is 39.2 Å². The summed E-state index contributed by atoms with van der Waals surface area (Å²) >= 11 is 0. The van der Waals surface area contributed by atoms with Crippen LogP contribution in [0.4, 0.5) is 11.4 Å². The van der Waals surface area contributed by atoms with Gasteiger partial charge < -0.3 is 4.42 Å². The van der Waals surface area contributed by atoms with Crippen LogP contribution in [0.15, 0.2) is 26.6 Å². The van der Waals surface area contributed by atoms with Gasteiger partial charge >= 0.3 is 0 Å². The molecule has 0 saturated carbocycles. The van der Waals surface area contributed by atoms with Crippen LogP contribution in [0, 0.1) is 10.8 Å². The zero-order valence-corrected chi connectivity index (χ0v) is 11.8. The molecule has 3 nitrogen and oxygen atoms in total. The van der Waals surface area contributed by atoms with Gasteiger partial charge in [-0.2, -0.15) is 0 Å². The Labute approximate surface area is 113 Å². The average molecular weight is 254 g/mol. The molecular formula is C16H18N2O. The Morgan fingerprint density at radius 3 is 1.63 bits per heavy atom. The molecule has 0 unspecified atom stereocenters. The summed E-state index contributed by atoms with van der Waals surface area (Å²) in [5.74, 6) is 1.57. The molecule has 0 bridgehead atoms. The number of aliphatic imine (C=N–C) groups is 2. The lowest BCUT2D eigenvalue weighted by atomic mass is 9.95. The first-order valence-corrected chi connectivity index (χ1v) is 6.52. The van der Waals surface area contributed by atoms with Crippen molar-refractivity contribution in [3.05, 3.63) is 23.7 Å².